The lowest BCUT2D eigenvalue weighted by atomic mass is 10.1. The Morgan fingerprint density at radius 2 is 1.96 bits per heavy atom. The first-order chi connectivity index (χ1) is 12.9. The average Bonchev–Trinajstić information content (AvgIpc) is 3.03. The van der Waals surface area contributed by atoms with Gasteiger partial charge in [0.15, 0.2) is 6.10 Å². The number of nitriles is 1. The highest BCUT2D eigenvalue weighted by molar-refractivity contribution is 7.16. The number of thiazole rings is 1. The number of fused-ring (bicyclic) bond motifs is 1. The Balaban J connectivity index is 1.71. The van der Waals surface area contributed by atoms with Crippen molar-refractivity contribution in [1.82, 2.24) is 4.98 Å². The largest absolute Gasteiger partial charge is 0.448 e. The first-order valence-electron chi connectivity index (χ1n) is 8.91. The molecular formula is C19H21N3O3S2. The van der Waals surface area contributed by atoms with Crippen LogP contribution in [0.3, 0.4) is 0 Å². The van der Waals surface area contributed by atoms with Crippen molar-refractivity contribution in [3.05, 3.63) is 31.6 Å². The Kier molecular flexibility index (Phi) is 5.92. The van der Waals surface area contributed by atoms with E-state index in [0.29, 0.717) is 21.1 Å². The first kappa shape index (κ1) is 19.5. The van der Waals surface area contributed by atoms with E-state index in [1.165, 1.54) is 34.5 Å². The number of anilines is 1. The molecule has 2 aromatic heterocycles. The van der Waals surface area contributed by atoms with Gasteiger partial charge >= 0.3 is 5.97 Å². The third kappa shape index (κ3) is 4.20. The number of ether oxygens (including phenoxy) is 1. The van der Waals surface area contributed by atoms with Crippen molar-refractivity contribution < 1.29 is 14.3 Å². The quantitative estimate of drug-likeness (QED) is 0.612. The van der Waals surface area contributed by atoms with Gasteiger partial charge in [-0.05, 0) is 52.0 Å². The summed E-state index contributed by atoms with van der Waals surface area (Å²) in [4.78, 5) is 30.6. The van der Waals surface area contributed by atoms with Crippen LogP contribution in [0, 0.1) is 25.2 Å². The minimum Gasteiger partial charge on any atom is -0.448 e. The third-order valence-corrected chi connectivity index (χ3v) is 6.77. The van der Waals surface area contributed by atoms with Gasteiger partial charge in [0.05, 0.1) is 16.3 Å². The van der Waals surface area contributed by atoms with Gasteiger partial charge in [0.1, 0.15) is 15.9 Å². The van der Waals surface area contributed by atoms with Gasteiger partial charge in [-0.25, -0.2) is 9.78 Å². The molecule has 6 nitrogen and oxygen atoms in total. The van der Waals surface area contributed by atoms with Gasteiger partial charge in [-0.1, -0.05) is 6.42 Å². The van der Waals surface area contributed by atoms with Crippen LogP contribution in [0.15, 0.2) is 0 Å². The SMILES string of the molecule is Cc1nc(C)c(C(=O)O[C@@H](C)C(=O)Nc2sc3c(c2C#N)CCCCC3)s1. The topological polar surface area (TPSA) is 92.1 Å². The number of hydrogen-bond donors (Lipinski definition) is 1. The molecule has 2 heterocycles. The Bertz CT molecular complexity index is 924. The fourth-order valence-corrected chi connectivity index (χ4v) is 5.20. The molecule has 0 bridgehead atoms. The van der Waals surface area contributed by atoms with Gasteiger partial charge in [-0.2, -0.15) is 5.26 Å². The predicted molar refractivity (Wildman–Crippen MR) is 105 cm³/mol. The van der Waals surface area contributed by atoms with E-state index < -0.39 is 18.0 Å². The van der Waals surface area contributed by atoms with E-state index in [-0.39, 0.29) is 0 Å². The number of esters is 1. The van der Waals surface area contributed by atoms with Crippen LogP contribution < -0.4 is 5.32 Å². The molecule has 0 spiro atoms. The monoisotopic (exact) mass is 403 g/mol. The smallest absolute Gasteiger partial charge is 0.351 e. The van der Waals surface area contributed by atoms with E-state index in [9.17, 15) is 14.9 Å². The summed E-state index contributed by atoms with van der Waals surface area (Å²) in [7, 11) is 0. The lowest BCUT2D eigenvalue weighted by Gasteiger charge is -2.12. The van der Waals surface area contributed by atoms with Crippen LogP contribution in [0.25, 0.3) is 0 Å². The van der Waals surface area contributed by atoms with Gasteiger partial charge in [0, 0.05) is 4.88 Å². The highest BCUT2D eigenvalue weighted by Gasteiger charge is 2.25. The van der Waals surface area contributed by atoms with Crippen molar-refractivity contribution in [2.45, 2.75) is 59.0 Å². The second kappa shape index (κ2) is 8.19. The summed E-state index contributed by atoms with van der Waals surface area (Å²) in [6.07, 6.45) is 4.18. The van der Waals surface area contributed by atoms with E-state index in [4.69, 9.17) is 4.74 Å². The zero-order chi connectivity index (χ0) is 19.6. The lowest BCUT2D eigenvalue weighted by molar-refractivity contribution is -0.123. The molecule has 2 aromatic rings. The van der Waals surface area contributed by atoms with Gasteiger partial charge in [0.2, 0.25) is 0 Å². The van der Waals surface area contributed by atoms with Crippen molar-refractivity contribution in [3.8, 4) is 6.07 Å². The molecule has 0 radical (unpaired) electrons. The fraction of sp³-hybridized carbons (Fsp3) is 0.474. The minimum atomic E-state index is -0.965. The maximum absolute atomic E-state index is 12.5. The second-order valence-corrected chi connectivity index (χ2v) is 8.87. The molecule has 0 fully saturated rings. The van der Waals surface area contributed by atoms with Crippen LogP contribution in [0.1, 0.15) is 62.6 Å². The van der Waals surface area contributed by atoms with Gasteiger partial charge in [-0.15, -0.1) is 22.7 Å². The minimum absolute atomic E-state index is 0.410. The first-order valence-corrected chi connectivity index (χ1v) is 10.5. The van der Waals surface area contributed by atoms with Crippen molar-refractivity contribution in [3.63, 3.8) is 0 Å². The molecule has 0 saturated heterocycles. The molecule has 0 saturated carbocycles. The van der Waals surface area contributed by atoms with Crippen LogP contribution in [0.4, 0.5) is 5.00 Å². The third-order valence-electron chi connectivity index (χ3n) is 4.51. The number of carbonyl (C=O) groups is 2. The van der Waals surface area contributed by atoms with Crippen molar-refractivity contribution in [2.24, 2.45) is 0 Å². The standard InChI is InChI=1S/C19H21N3O3S2/c1-10-16(26-12(3)21-10)19(24)25-11(2)17(23)22-18-14(9-20)13-7-5-4-6-8-15(13)27-18/h11H,4-8H2,1-3H3,(H,22,23)/t11-/m0/s1. The Morgan fingerprint density at radius 3 is 2.63 bits per heavy atom. The van der Waals surface area contributed by atoms with Crippen molar-refractivity contribution >= 4 is 39.6 Å². The summed E-state index contributed by atoms with van der Waals surface area (Å²) >= 11 is 2.71. The van der Waals surface area contributed by atoms with E-state index in [1.807, 2.05) is 6.92 Å². The number of nitrogens with one attached hydrogen (secondary N) is 1. The number of aromatic nitrogens is 1. The number of aryl methyl sites for hydroxylation is 3. The molecule has 1 atom stereocenters. The summed E-state index contributed by atoms with van der Waals surface area (Å²) in [6.45, 7) is 5.08. The molecule has 3 rings (SSSR count). The Hall–Kier alpha value is -2.24. The molecule has 1 aliphatic rings. The zero-order valence-electron chi connectivity index (χ0n) is 15.5. The van der Waals surface area contributed by atoms with Gasteiger partial charge in [-0.3, -0.25) is 4.79 Å². The van der Waals surface area contributed by atoms with Gasteiger partial charge < -0.3 is 10.1 Å². The summed E-state index contributed by atoms with van der Waals surface area (Å²) in [6, 6.07) is 2.23. The highest BCUT2D eigenvalue weighted by atomic mass is 32.1. The zero-order valence-corrected chi connectivity index (χ0v) is 17.2. The molecule has 8 heteroatoms. The number of carbonyl (C=O) groups excluding carboxylic acids is 2. The van der Waals surface area contributed by atoms with E-state index in [1.54, 1.807) is 6.92 Å². The maximum Gasteiger partial charge on any atom is 0.351 e. The Labute approximate surface area is 166 Å². The van der Waals surface area contributed by atoms with Crippen molar-refractivity contribution in [2.75, 3.05) is 5.32 Å². The van der Waals surface area contributed by atoms with Crippen LogP contribution in [-0.2, 0) is 22.4 Å². The number of thiophene rings is 1. The lowest BCUT2D eigenvalue weighted by Crippen LogP contribution is -2.29. The molecule has 27 heavy (non-hydrogen) atoms. The normalized spacial score (nSPS) is 14.6. The van der Waals surface area contributed by atoms with Crippen LogP contribution in [-0.4, -0.2) is 23.0 Å². The summed E-state index contributed by atoms with van der Waals surface area (Å²) < 4.78 is 5.30. The number of hydrogen-bond acceptors (Lipinski definition) is 7. The second-order valence-electron chi connectivity index (χ2n) is 6.56. The summed E-state index contributed by atoms with van der Waals surface area (Å²) in [5.74, 6) is -0.988. The fourth-order valence-electron chi connectivity index (χ4n) is 3.15. The Morgan fingerprint density at radius 1 is 1.22 bits per heavy atom. The molecule has 0 unspecified atom stereocenters. The molecular weight excluding hydrogens is 382 g/mol. The maximum atomic E-state index is 12.5. The van der Waals surface area contributed by atoms with E-state index in [2.05, 4.69) is 16.4 Å². The van der Waals surface area contributed by atoms with E-state index >= 15 is 0 Å². The van der Waals surface area contributed by atoms with Crippen molar-refractivity contribution in [1.29, 1.82) is 5.26 Å². The highest BCUT2D eigenvalue weighted by Crippen LogP contribution is 2.37. The van der Waals surface area contributed by atoms with Gasteiger partial charge in [0.25, 0.3) is 5.91 Å². The molecule has 1 aliphatic carbocycles. The number of rotatable bonds is 4. The predicted octanol–water partition coefficient (Wildman–Crippen LogP) is 4.15. The molecule has 1 amide bonds. The van der Waals surface area contributed by atoms with Crippen LogP contribution in [0.2, 0.25) is 0 Å². The molecule has 0 aliphatic heterocycles. The number of amides is 1. The molecule has 1 N–H and O–H groups in total. The summed E-state index contributed by atoms with van der Waals surface area (Å²) in [5, 5.41) is 13.7. The molecule has 0 aromatic carbocycles. The number of nitrogens with zero attached hydrogens (tertiary/aromatic N) is 2. The van der Waals surface area contributed by atoms with E-state index in [0.717, 1.165) is 42.7 Å². The average molecular weight is 404 g/mol. The summed E-state index contributed by atoms with van der Waals surface area (Å²) in [5.41, 5.74) is 2.22. The van der Waals surface area contributed by atoms with Crippen LogP contribution in [0.5, 0.6) is 0 Å². The molecule has 142 valence electrons. The van der Waals surface area contributed by atoms with Crippen LogP contribution >= 0.6 is 22.7 Å².